The van der Waals surface area contributed by atoms with Crippen LogP contribution < -0.4 is 0 Å². The van der Waals surface area contributed by atoms with Crippen LogP contribution in [0.2, 0.25) is 0 Å². The number of pyridine rings is 1. The smallest absolute Gasteiger partial charge is 0.345 e. The molecule has 0 amide bonds. The molecular weight excluding hydrogens is 383 g/mol. The fourth-order valence-corrected chi connectivity index (χ4v) is 5.06. The molecule has 0 aliphatic carbocycles. The number of nitrogens with zero attached hydrogens (tertiary/aromatic N) is 4. The van der Waals surface area contributed by atoms with Crippen molar-refractivity contribution in [3.8, 4) is 0 Å². The predicted octanol–water partition coefficient (Wildman–Crippen LogP) is 2.58. The zero-order valence-electron chi connectivity index (χ0n) is 14.1. The molecule has 1 unspecified atom stereocenters. The Kier molecular flexibility index (Phi) is 4.30. The van der Waals surface area contributed by atoms with Crippen molar-refractivity contribution >= 4 is 32.1 Å². The highest BCUT2D eigenvalue weighted by Crippen LogP contribution is 2.35. The molecule has 0 saturated carbocycles. The average Bonchev–Trinajstić information content (AvgIpc) is 3.08. The Labute approximate surface area is 152 Å². The minimum Gasteiger partial charge on any atom is -0.345 e. The summed E-state index contributed by atoms with van der Waals surface area (Å²) < 4.78 is 63.2. The van der Waals surface area contributed by atoms with Gasteiger partial charge in [0, 0.05) is 36.3 Å². The lowest BCUT2D eigenvalue weighted by Crippen LogP contribution is -2.43. The summed E-state index contributed by atoms with van der Waals surface area (Å²) in [6, 6.07) is 3.62. The van der Waals surface area contributed by atoms with Crippen LogP contribution in [0.25, 0.3) is 22.1 Å². The van der Waals surface area contributed by atoms with Gasteiger partial charge in [-0.15, -0.1) is 10.2 Å². The molecule has 1 N–H and O–H groups in total. The molecule has 0 spiro atoms. The van der Waals surface area contributed by atoms with E-state index in [1.165, 1.54) is 0 Å². The Balaban J connectivity index is 1.73. The predicted molar refractivity (Wildman–Crippen MR) is 92.6 cm³/mol. The van der Waals surface area contributed by atoms with Crippen molar-refractivity contribution in [2.75, 3.05) is 18.8 Å². The van der Waals surface area contributed by atoms with E-state index >= 15 is 0 Å². The Morgan fingerprint density at radius 2 is 2.07 bits per heavy atom. The van der Waals surface area contributed by atoms with Crippen LogP contribution in [0.5, 0.6) is 0 Å². The number of fused-ring (bicyclic) bond motifs is 3. The van der Waals surface area contributed by atoms with Gasteiger partial charge in [0.15, 0.2) is 17.0 Å². The maximum atomic E-state index is 12.6. The minimum atomic E-state index is -4.76. The first kappa shape index (κ1) is 18.1. The number of nitrogens with one attached hydrogen (secondary N) is 1. The van der Waals surface area contributed by atoms with Gasteiger partial charge in [-0.2, -0.15) is 13.2 Å². The molecule has 0 radical (unpaired) electrons. The summed E-state index contributed by atoms with van der Waals surface area (Å²) >= 11 is 0. The Morgan fingerprint density at radius 3 is 2.85 bits per heavy atom. The second-order valence-electron chi connectivity index (χ2n) is 6.61. The molecular formula is C16H16F3N5O2S. The van der Waals surface area contributed by atoms with Crippen LogP contribution in [0.3, 0.4) is 0 Å². The summed E-state index contributed by atoms with van der Waals surface area (Å²) in [6.45, 7) is 0.106. The van der Waals surface area contributed by atoms with Crippen molar-refractivity contribution in [2.45, 2.75) is 24.9 Å². The molecule has 3 aromatic heterocycles. The second kappa shape index (κ2) is 6.41. The lowest BCUT2D eigenvalue weighted by Gasteiger charge is -2.32. The number of H-pyrrole nitrogens is 1. The molecule has 1 aliphatic heterocycles. The second-order valence-corrected chi connectivity index (χ2v) is 8.58. The van der Waals surface area contributed by atoms with E-state index < -0.39 is 22.0 Å². The summed E-state index contributed by atoms with van der Waals surface area (Å²) in [5.74, 6) is -2.07. The van der Waals surface area contributed by atoms with Gasteiger partial charge >= 0.3 is 6.18 Å². The van der Waals surface area contributed by atoms with Gasteiger partial charge in [-0.3, -0.25) is 0 Å². The first-order valence-electron chi connectivity index (χ1n) is 8.37. The molecule has 1 aliphatic rings. The Morgan fingerprint density at radius 1 is 1.26 bits per heavy atom. The molecule has 7 nitrogen and oxygen atoms in total. The number of piperidine rings is 1. The summed E-state index contributed by atoms with van der Waals surface area (Å²) in [4.78, 5) is 7.13. The fourth-order valence-electron chi connectivity index (χ4n) is 3.65. The molecule has 0 aromatic carbocycles. The van der Waals surface area contributed by atoms with E-state index in [0.29, 0.717) is 24.1 Å². The molecule has 1 atom stereocenters. The molecule has 4 heterocycles. The topological polar surface area (TPSA) is 91.8 Å². The molecule has 0 bridgehead atoms. The van der Waals surface area contributed by atoms with Crippen molar-refractivity contribution in [1.29, 1.82) is 0 Å². The van der Waals surface area contributed by atoms with Gasteiger partial charge < -0.3 is 4.98 Å². The van der Waals surface area contributed by atoms with Gasteiger partial charge in [0.25, 0.3) is 0 Å². The lowest BCUT2D eigenvalue weighted by atomic mass is 9.89. The quantitative estimate of drug-likeness (QED) is 0.731. The zero-order valence-corrected chi connectivity index (χ0v) is 14.9. The molecule has 1 saturated heterocycles. The van der Waals surface area contributed by atoms with Crippen LogP contribution in [0.15, 0.2) is 24.5 Å². The van der Waals surface area contributed by atoms with E-state index in [0.717, 1.165) is 20.6 Å². The third kappa shape index (κ3) is 3.48. The van der Waals surface area contributed by atoms with Crippen molar-refractivity contribution in [3.05, 3.63) is 30.1 Å². The largest absolute Gasteiger partial charge is 0.404 e. The molecule has 144 valence electrons. The van der Waals surface area contributed by atoms with Crippen LogP contribution in [-0.2, 0) is 10.0 Å². The van der Waals surface area contributed by atoms with Gasteiger partial charge in [0.1, 0.15) is 0 Å². The SMILES string of the molecule is O=S(=O)(CC(F)(F)F)N1CCCC(c2cc[nH]c3nnc4nccc4c23)C1. The summed E-state index contributed by atoms with van der Waals surface area (Å²) in [5, 5.41) is 9.69. The number of alkyl halides is 3. The standard InChI is InChI=1S/C16H16F3N5O2S/c17-16(18,19)9-27(25,26)24-7-1-2-10(8-24)11-3-5-21-15-13(11)12-4-6-20-14(12)22-23-15/h3-6,10H,1-2,7-9H2,(H,21,23). The van der Waals surface area contributed by atoms with E-state index in [2.05, 4.69) is 20.2 Å². The van der Waals surface area contributed by atoms with Crippen LogP contribution in [-0.4, -0.2) is 57.9 Å². The Hall–Kier alpha value is -2.27. The fraction of sp³-hybridized carbons (Fsp3) is 0.438. The third-order valence-electron chi connectivity index (χ3n) is 4.76. The molecule has 11 heteroatoms. The van der Waals surface area contributed by atoms with Crippen LogP contribution in [0.4, 0.5) is 13.2 Å². The average molecular weight is 399 g/mol. The zero-order chi connectivity index (χ0) is 19.2. The van der Waals surface area contributed by atoms with Gasteiger partial charge in [-0.1, -0.05) is 0 Å². The number of sulfonamides is 1. The Bertz CT molecular complexity index is 1100. The first-order valence-corrected chi connectivity index (χ1v) is 9.98. The van der Waals surface area contributed by atoms with Crippen LogP contribution in [0.1, 0.15) is 24.3 Å². The number of rotatable bonds is 3. The molecule has 27 heavy (non-hydrogen) atoms. The monoisotopic (exact) mass is 399 g/mol. The van der Waals surface area contributed by atoms with Crippen molar-refractivity contribution in [1.82, 2.24) is 24.5 Å². The van der Waals surface area contributed by atoms with E-state index in [-0.39, 0.29) is 19.0 Å². The van der Waals surface area contributed by atoms with E-state index in [4.69, 9.17) is 0 Å². The van der Waals surface area contributed by atoms with E-state index in [1.54, 1.807) is 18.5 Å². The molecule has 1 fully saturated rings. The van der Waals surface area contributed by atoms with Crippen molar-refractivity contribution in [2.24, 2.45) is 0 Å². The van der Waals surface area contributed by atoms with Gasteiger partial charge in [0.2, 0.25) is 10.0 Å². The first-order chi connectivity index (χ1) is 12.7. The maximum Gasteiger partial charge on any atom is 0.404 e. The number of hydrogen-bond donors (Lipinski definition) is 1. The van der Waals surface area contributed by atoms with Crippen molar-refractivity contribution < 1.29 is 21.6 Å². The number of hydrogen-bond acceptors (Lipinski definition) is 5. The van der Waals surface area contributed by atoms with Gasteiger partial charge in [-0.25, -0.2) is 17.7 Å². The summed E-state index contributed by atoms with van der Waals surface area (Å²) in [6.07, 6.45) is -0.311. The van der Waals surface area contributed by atoms with Crippen LogP contribution >= 0.6 is 0 Å². The highest BCUT2D eigenvalue weighted by molar-refractivity contribution is 7.89. The van der Waals surface area contributed by atoms with Crippen molar-refractivity contribution in [3.63, 3.8) is 0 Å². The number of aromatic nitrogens is 4. The highest BCUT2D eigenvalue weighted by atomic mass is 32.2. The molecule has 4 rings (SSSR count). The van der Waals surface area contributed by atoms with Gasteiger partial charge in [0.05, 0.1) is 0 Å². The third-order valence-corrected chi connectivity index (χ3v) is 6.58. The van der Waals surface area contributed by atoms with Crippen LogP contribution in [0, 0.1) is 0 Å². The lowest BCUT2D eigenvalue weighted by molar-refractivity contribution is -0.107. The van der Waals surface area contributed by atoms with E-state index in [9.17, 15) is 21.6 Å². The highest BCUT2D eigenvalue weighted by Gasteiger charge is 2.40. The number of aromatic amines is 1. The molecule has 3 aromatic rings. The minimum absolute atomic E-state index is 0.00940. The van der Waals surface area contributed by atoms with Gasteiger partial charge in [-0.05, 0) is 36.5 Å². The normalized spacial score (nSPS) is 19.7. The summed E-state index contributed by atoms with van der Waals surface area (Å²) in [7, 11) is -4.41. The maximum absolute atomic E-state index is 12.6. The summed E-state index contributed by atoms with van der Waals surface area (Å²) in [5.41, 5.74) is 1.84. The van der Waals surface area contributed by atoms with E-state index in [1.807, 2.05) is 6.07 Å². The number of halogens is 3.